The number of methoxy groups -OCH3 is 1. The minimum atomic E-state index is -0.143. The highest BCUT2D eigenvalue weighted by Crippen LogP contribution is 2.31. The average Bonchev–Trinajstić information content (AvgIpc) is 2.31. The van der Waals surface area contributed by atoms with Gasteiger partial charge >= 0.3 is 0 Å². The van der Waals surface area contributed by atoms with Crippen molar-refractivity contribution in [2.45, 2.75) is 33.1 Å². The van der Waals surface area contributed by atoms with Crippen LogP contribution in [0.15, 0.2) is 41.1 Å². The lowest BCUT2D eigenvalue weighted by atomic mass is 9.83. The Morgan fingerprint density at radius 3 is 2.00 bits per heavy atom. The standard InChI is InChI=1S/C12H15BrO.C2H6/c1-9(14-4)12(2,3)10-5-7-11(13)8-6-10;1-2/h5-8H,1H2,2-4H3;1-2H3. The Bertz CT molecular complexity index is 325. The van der Waals surface area contributed by atoms with Gasteiger partial charge in [-0.15, -0.1) is 0 Å². The molecule has 0 spiro atoms. The smallest absolute Gasteiger partial charge is 0.0983 e. The van der Waals surface area contributed by atoms with Gasteiger partial charge < -0.3 is 4.74 Å². The lowest BCUT2D eigenvalue weighted by Crippen LogP contribution is -2.20. The van der Waals surface area contributed by atoms with Crippen LogP contribution >= 0.6 is 15.9 Å². The fourth-order valence-corrected chi connectivity index (χ4v) is 1.55. The van der Waals surface area contributed by atoms with E-state index in [0.29, 0.717) is 0 Å². The molecule has 0 aromatic heterocycles. The summed E-state index contributed by atoms with van der Waals surface area (Å²) in [4.78, 5) is 0. The Morgan fingerprint density at radius 1 is 1.19 bits per heavy atom. The maximum absolute atomic E-state index is 5.19. The van der Waals surface area contributed by atoms with Gasteiger partial charge in [0, 0.05) is 9.89 Å². The van der Waals surface area contributed by atoms with Crippen molar-refractivity contribution in [3.8, 4) is 0 Å². The number of allylic oxidation sites excluding steroid dienone is 1. The first-order valence-corrected chi connectivity index (χ1v) is 6.27. The van der Waals surface area contributed by atoms with Crippen LogP contribution in [0.4, 0.5) is 0 Å². The predicted molar refractivity (Wildman–Crippen MR) is 74.7 cm³/mol. The molecule has 1 rings (SSSR count). The minimum absolute atomic E-state index is 0.143. The summed E-state index contributed by atoms with van der Waals surface area (Å²) in [6.45, 7) is 12.1. The summed E-state index contributed by atoms with van der Waals surface area (Å²) in [5.74, 6) is 0.778. The Kier molecular flexibility index (Phi) is 6.42. The zero-order chi connectivity index (χ0) is 12.8. The van der Waals surface area contributed by atoms with Gasteiger partial charge in [-0.2, -0.15) is 0 Å². The van der Waals surface area contributed by atoms with Crippen LogP contribution in [0.1, 0.15) is 33.3 Å². The zero-order valence-corrected chi connectivity index (χ0v) is 12.4. The van der Waals surface area contributed by atoms with E-state index in [-0.39, 0.29) is 5.41 Å². The summed E-state index contributed by atoms with van der Waals surface area (Å²) in [5, 5.41) is 0. The summed E-state index contributed by atoms with van der Waals surface area (Å²) in [6, 6.07) is 8.21. The molecule has 0 fully saturated rings. The molecule has 0 heterocycles. The first kappa shape index (κ1) is 15.2. The van der Waals surface area contributed by atoms with Crippen LogP contribution in [0, 0.1) is 0 Å². The van der Waals surface area contributed by atoms with Gasteiger partial charge in [0.15, 0.2) is 0 Å². The number of hydrogen-bond donors (Lipinski definition) is 0. The number of hydrogen-bond acceptors (Lipinski definition) is 1. The number of halogens is 1. The third-order valence-electron chi connectivity index (χ3n) is 2.51. The lowest BCUT2D eigenvalue weighted by Gasteiger charge is -2.26. The monoisotopic (exact) mass is 284 g/mol. The third kappa shape index (κ3) is 3.67. The molecule has 0 aliphatic carbocycles. The van der Waals surface area contributed by atoms with Crippen LogP contribution < -0.4 is 0 Å². The topological polar surface area (TPSA) is 9.23 Å². The molecule has 0 aliphatic heterocycles. The predicted octanol–water partition coefficient (Wildman–Crippen LogP) is 4.91. The fourth-order valence-electron chi connectivity index (χ4n) is 1.28. The van der Waals surface area contributed by atoms with Crippen LogP contribution in [0.25, 0.3) is 0 Å². The third-order valence-corrected chi connectivity index (χ3v) is 3.04. The largest absolute Gasteiger partial charge is 0.501 e. The summed E-state index contributed by atoms with van der Waals surface area (Å²) < 4.78 is 6.28. The van der Waals surface area contributed by atoms with Crippen molar-refractivity contribution in [2.24, 2.45) is 0 Å². The SMILES string of the molecule is C=C(OC)C(C)(C)c1ccc(Br)cc1.CC. The maximum atomic E-state index is 5.19. The van der Waals surface area contributed by atoms with E-state index in [4.69, 9.17) is 4.74 Å². The molecule has 1 aromatic rings. The van der Waals surface area contributed by atoms with Crippen molar-refractivity contribution in [1.82, 2.24) is 0 Å². The lowest BCUT2D eigenvalue weighted by molar-refractivity contribution is 0.237. The molecule has 16 heavy (non-hydrogen) atoms. The van der Waals surface area contributed by atoms with Gasteiger partial charge in [-0.3, -0.25) is 0 Å². The molecule has 2 heteroatoms. The van der Waals surface area contributed by atoms with Gasteiger partial charge in [0.2, 0.25) is 0 Å². The van der Waals surface area contributed by atoms with Crippen LogP contribution in [-0.2, 0) is 10.2 Å². The molecule has 90 valence electrons. The second-order valence-corrected chi connectivity index (χ2v) is 4.67. The molecular weight excluding hydrogens is 264 g/mol. The van der Waals surface area contributed by atoms with E-state index in [1.54, 1.807) is 7.11 Å². The molecule has 0 N–H and O–H groups in total. The van der Waals surface area contributed by atoms with Crippen molar-refractivity contribution in [3.05, 3.63) is 46.6 Å². The van der Waals surface area contributed by atoms with Gasteiger partial charge in [-0.1, -0.05) is 48.5 Å². The maximum Gasteiger partial charge on any atom is 0.0983 e. The molecule has 1 nitrogen and oxygen atoms in total. The Hall–Kier alpha value is -0.760. The first-order chi connectivity index (χ1) is 7.48. The zero-order valence-electron chi connectivity index (χ0n) is 10.8. The van der Waals surface area contributed by atoms with Crippen molar-refractivity contribution in [2.75, 3.05) is 7.11 Å². The average molecular weight is 285 g/mol. The summed E-state index contributed by atoms with van der Waals surface area (Å²) in [5.41, 5.74) is 1.06. The van der Waals surface area contributed by atoms with E-state index in [2.05, 4.69) is 48.5 Å². The summed E-state index contributed by atoms with van der Waals surface area (Å²) >= 11 is 3.41. The van der Waals surface area contributed by atoms with E-state index in [0.717, 1.165) is 10.2 Å². The van der Waals surface area contributed by atoms with Crippen LogP contribution in [0.5, 0.6) is 0 Å². The molecule has 0 amide bonds. The van der Waals surface area contributed by atoms with E-state index >= 15 is 0 Å². The van der Waals surface area contributed by atoms with E-state index < -0.39 is 0 Å². The van der Waals surface area contributed by atoms with Crippen LogP contribution in [0.3, 0.4) is 0 Å². The van der Waals surface area contributed by atoms with Crippen molar-refractivity contribution >= 4 is 15.9 Å². The highest BCUT2D eigenvalue weighted by molar-refractivity contribution is 9.10. The molecule has 0 radical (unpaired) electrons. The van der Waals surface area contributed by atoms with Crippen LogP contribution in [0.2, 0.25) is 0 Å². The summed E-state index contributed by atoms with van der Waals surface area (Å²) in [7, 11) is 1.66. The van der Waals surface area contributed by atoms with Crippen LogP contribution in [-0.4, -0.2) is 7.11 Å². The van der Waals surface area contributed by atoms with Gasteiger partial charge in [0.25, 0.3) is 0 Å². The summed E-state index contributed by atoms with van der Waals surface area (Å²) in [6.07, 6.45) is 0. The minimum Gasteiger partial charge on any atom is -0.501 e. The number of rotatable bonds is 3. The van der Waals surface area contributed by atoms with E-state index in [1.165, 1.54) is 5.56 Å². The fraction of sp³-hybridized carbons (Fsp3) is 0.429. The van der Waals surface area contributed by atoms with Crippen molar-refractivity contribution < 1.29 is 4.74 Å². The number of ether oxygens (including phenoxy) is 1. The highest BCUT2D eigenvalue weighted by Gasteiger charge is 2.24. The number of benzene rings is 1. The molecule has 0 atom stereocenters. The molecule has 1 aromatic carbocycles. The van der Waals surface area contributed by atoms with Gasteiger partial charge in [0.1, 0.15) is 0 Å². The second-order valence-electron chi connectivity index (χ2n) is 3.76. The van der Waals surface area contributed by atoms with Crippen molar-refractivity contribution in [1.29, 1.82) is 0 Å². The molecule has 0 unspecified atom stereocenters. The second kappa shape index (κ2) is 6.74. The molecular formula is C14H21BrO. The van der Waals surface area contributed by atoms with E-state index in [9.17, 15) is 0 Å². The molecule has 0 saturated heterocycles. The highest BCUT2D eigenvalue weighted by atomic mass is 79.9. The first-order valence-electron chi connectivity index (χ1n) is 5.48. The van der Waals surface area contributed by atoms with Gasteiger partial charge in [-0.05, 0) is 31.5 Å². The van der Waals surface area contributed by atoms with E-state index in [1.807, 2.05) is 26.0 Å². The molecule has 0 bridgehead atoms. The van der Waals surface area contributed by atoms with Gasteiger partial charge in [0.05, 0.1) is 12.9 Å². The Morgan fingerprint density at radius 2 is 1.62 bits per heavy atom. The van der Waals surface area contributed by atoms with Gasteiger partial charge in [-0.25, -0.2) is 0 Å². The molecule has 0 aliphatic rings. The molecule has 0 saturated carbocycles. The Balaban J connectivity index is 0.00000106. The normalized spacial score (nSPS) is 10.1. The quantitative estimate of drug-likeness (QED) is 0.717. The Labute approximate surface area is 108 Å². The van der Waals surface area contributed by atoms with Crippen molar-refractivity contribution in [3.63, 3.8) is 0 Å².